The summed E-state index contributed by atoms with van der Waals surface area (Å²) in [5, 5.41) is 14.7. The molecule has 11 heteroatoms. The highest BCUT2D eigenvalue weighted by molar-refractivity contribution is 7.80. The minimum Gasteiger partial charge on any atom is -0.361 e. The zero-order valence-electron chi connectivity index (χ0n) is 13.6. The smallest absolute Gasteiger partial charge is 0.361 e. The third kappa shape index (κ3) is 5.98. The monoisotopic (exact) mass is 359 g/mol. The number of rotatable bonds is 10. The lowest BCUT2D eigenvalue weighted by atomic mass is 10.1. The summed E-state index contributed by atoms with van der Waals surface area (Å²) >= 11 is 0. The van der Waals surface area contributed by atoms with E-state index in [4.69, 9.17) is 9.08 Å². The van der Waals surface area contributed by atoms with E-state index in [0.717, 1.165) is 37.1 Å². The lowest BCUT2D eigenvalue weighted by molar-refractivity contribution is 0.159. The Bertz CT molecular complexity index is 742. The number of hydrogen-bond acceptors (Lipinski definition) is 8. The second-order valence-corrected chi connectivity index (χ2v) is 6.61. The van der Waals surface area contributed by atoms with Crippen LogP contribution in [0.2, 0.25) is 0 Å². The molecule has 2 heterocycles. The molecule has 2 rings (SSSR count). The maximum absolute atomic E-state index is 11.0. The van der Waals surface area contributed by atoms with Gasteiger partial charge < -0.3 is 4.52 Å². The van der Waals surface area contributed by atoms with E-state index in [-0.39, 0.29) is 5.82 Å². The van der Waals surface area contributed by atoms with Crippen molar-refractivity contribution in [3.8, 4) is 0 Å². The van der Waals surface area contributed by atoms with Crippen molar-refractivity contribution in [1.82, 2.24) is 25.4 Å². The van der Waals surface area contributed by atoms with Crippen LogP contribution in [0.1, 0.15) is 55.5 Å². The Labute approximate surface area is 140 Å². The molecule has 134 valence electrons. The average molecular weight is 359 g/mol. The van der Waals surface area contributed by atoms with E-state index in [2.05, 4.69) is 24.9 Å². The van der Waals surface area contributed by atoms with E-state index < -0.39 is 16.5 Å². The predicted molar refractivity (Wildman–Crippen MR) is 82.2 cm³/mol. The lowest BCUT2D eigenvalue weighted by Gasteiger charge is -2.13. The van der Waals surface area contributed by atoms with Gasteiger partial charge in [-0.1, -0.05) is 24.4 Å². The number of aromatic nitrogens is 5. The van der Waals surface area contributed by atoms with E-state index in [9.17, 15) is 8.42 Å². The van der Waals surface area contributed by atoms with Crippen LogP contribution in [0.15, 0.2) is 10.6 Å². The normalized spacial score (nSPS) is 13.3. The second-order valence-electron chi connectivity index (χ2n) is 5.56. The molecule has 0 aliphatic carbocycles. The van der Waals surface area contributed by atoms with Crippen LogP contribution in [0.25, 0.3) is 0 Å². The van der Waals surface area contributed by atoms with Gasteiger partial charge in [0.1, 0.15) is 11.9 Å². The van der Waals surface area contributed by atoms with Gasteiger partial charge in [0.25, 0.3) is 0 Å². The molecule has 1 N–H and O–H groups in total. The number of tetrazole rings is 1. The van der Waals surface area contributed by atoms with E-state index in [0.29, 0.717) is 12.8 Å². The average Bonchev–Trinajstić information content (AvgIpc) is 3.08. The Morgan fingerprint density at radius 3 is 2.67 bits per heavy atom. The molecule has 0 aromatic carbocycles. The van der Waals surface area contributed by atoms with Crippen molar-refractivity contribution in [2.24, 2.45) is 7.05 Å². The Balaban J connectivity index is 1.75. The van der Waals surface area contributed by atoms with Gasteiger partial charge in [-0.2, -0.15) is 8.42 Å². The van der Waals surface area contributed by atoms with Crippen LogP contribution in [0.3, 0.4) is 0 Å². The first-order valence-electron chi connectivity index (χ1n) is 7.65. The lowest BCUT2D eigenvalue weighted by Crippen LogP contribution is -2.15. The Hall–Kier alpha value is -1.85. The first-order valence-corrected chi connectivity index (χ1v) is 9.02. The van der Waals surface area contributed by atoms with Gasteiger partial charge in [-0.25, -0.2) is 8.86 Å². The summed E-state index contributed by atoms with van der Waals surface area (Å²) < 4.78 is 42.0. The fourth-order valence-electron chi connectivity index (χ4n) is 2.39. The molecule has 0 radical (unpaired) electrons. The van der Waals surface area contributed by atoms with Crippen molar-refractivity contribution >= 4 is 10.4 Å². The van der Waals surface area contributed by atoms with Crippen LogP contribution < -0.4 is 0 Å². The largest absolute Gasteiger partial charge is 0.398 e. The standard InChI is InChI=1S/C13H21N5O5S/c1-10-9-11(22-15-10)7-5-3-4-6-8-12(23-24(19,20)21)13-14-16-17-18(13)2/h9,12H,3-8H2,1-2H3,(H,19,20,21). The molecule has 0 fully saturated rings. The third-order valence-corrected chi connectivity index (χ3v) is 3.97. The fraction of sp³-hybridized carbons (Fsp3) is 0.692. The predicted octanol–water partition coefficient (Wildman–Crippen LogP) is 1.56. The third-order valence-electron chi connectivity index (χ3n) is 3.49. The van der Waals surface area contributed by atoms with Crippen LogP contribution in [-0.4, -0.2) is 38.3 Å². The topological polar surface area (TPSA) is 133 Å². The van der Waals surface area contributed by atoms with Gasteiger partial charge in [-0.15, -0.1) is 5.10 Å². The maximum Gasteiger partial charge on any atom is 0.398 e. The van der Waals surface area contributed by atoms with E-state index in [1.165, 1.54) is 4.68 Å². The van der Waals surface area contributed by atoms with Crippen LogP contribution >= 0.6 is 0 Å². The summed E-state index contributed by atoms with van der Waals surface area (Å²) in [6.45, 7) is 1.88. The highest BCUT2D eigenvalue weighted by Gasteiger charge is 2.23. The van der Waals surface area contributed by atoms with Crippen LogP contribution in [-0.2, 0) is 28.1 Å². The molecular formula is C13H21N5O5S. The molecule has 0 aliphatic rings. The molecule has 1 atom stereocenters. The summed E-state index contributed by atoms with van der Waals surface area (Å²) in [7, 11) is -3.00. The first kappa shape index (κ1) is 18.5. The quantitative estimate of drug-likeness (QED) is 0.495. The molecule has 0 saturated carbocycles. The molecule has 10 nitrogen and oxygen atoms in total. The van der Waals surface area contributed by atoms with Gasteiger partial charge in [0.2, 0.25) is 0 Å². The number of aryl methyl sites for hydroxylation is 3. The molecule has 0 bridgehead atoms. The second kappa shape index (κ2) is 8.31. The van der Waals surface area contributed by atoms with E-state index in [1.807, 2.05) is 13.0 Å². The fourth-order valence-corrected chi connectivity index (χ4v) is 2.87. The number of nitrogens with zero attached hydrogens (tertiary/aromatic N) is 5. The number of hydrogen-bond donors (Lipinski definition) is 1. The minimum absolute atomic E-state index is 0.254. The Morgan fingerprint density at radius 2 is 2.08 bits per heavy atom. The summed E-state index contributed by atoms with van der Waals surface area (Å²) in [6, 6.07) is 1.91. The molecule has 2 aromatic heterocycles. The summed E-state index contributed by atoms with van der Waals surface area (Å²) in [6.07, 6.45) is 3.79. The molecular weight excluding hydrogens is 338 g/mol. The molecule has 24 heavy (non-hydrogen) atoms. The van der Waals surface area contributed by atoms with Crippen LogP contribution in [0, 0.1) is 6.92 Å². The van der Waals surface area contributed by atoms with E-state index >= 15 is 0 Å². The Morgan fingerprint density at radius 1 is 1.33 bits per heavy atom. The maximum atomic E-state index is 11.0. The first-order chi connectivity index (χ1) is 11.3. The molecule has 0 amide bonds. The van der Waals surface area contributed by atoms with Crippen LogP contribution in [0.5, 0.6) is 0 Å². The van der Waals surface area contributed by atoms with E-state index in [1.54, 1.807) is 7.05 Å². The van der Waals surface area contributed by atoms with Crippen molar-refractivity contribution in [2.75, 3.05) is 0 Å². The summed E-state index contributed by atoms with van der Waals surface area (Å²) in [5.41, 5.74) is 0.868. The van der Waals surface area contributed by atoms with Gasteiger partial charge in [0.05, 0.1) is 5.69 Å². The van der Waals surface area contributed by atoms with Crippen molar-refractivity contribution in [3.05, 3.63) is 23.3 Å². The summed E-state index contributed by atoms with van der Waals surface area (Å²) in [5.74, 6) is 1.12. The molecule has 0 spiro atoms. The Kier molecular flexibility index (Phi) is 6.40. The van der Waals surface area contributed by atoms with Crippen molar-refractivity contribution in [2.45, 2.75) is 51.6 Å². The molecule has 2 aromatic rings. The summed E-state index contributed by atoms with van der Waals surface area (Å²) in [4.78, 5) is 0. The van der Waals surface area contributed by atoms with Gasteiger partial charge >= 0.3 is 10.4 Å². The zero-order valence-corrected chi connectivity index (χ0v) is 14.4. The molecule has 0 saturated heterocycles. The van der Waals surface area contributed by atoms with Gasteiger partial charge in [0.15, 0.2) is 5.82 Å². The highest BCUT2D eigenvalue weighted by atomic mass is 32.3. The van der Waals surface area contributed by atoms with Crippen molar-refractivity contribution in [1.29, 1.82) is 0 Å². The van der Waals surface area contributed by atoms with Crippen molar-refractivity contribution < 1.29 is 21.7 Å². The van der Waals surface area contributed by atoms with Gasteiger partial charge in [-0.3, -0.25) is 4.55 Å². The van der Waals surface area contributed by atoms with Gasteiger partial charge in [0, 0.05) is 19.5 Å². The van der Waals surface area contributed by atoms with Gasteiger partial charge in [-0.05, 0) is 30.2 Å². The zero-order chi connectivity index (χ0) is 17.6. The van der Waals surface area contributed by atoms with Crippen LogP contribution in [0.4, 0.5) is 0 Å². The SMILES string of the molecule is Cc1cc(CCCCCCC(OS(=O)(=O)O)c2nnnn2C)on1. The molecule has 0 aliphatic heterocycles. The van der Waals surface area contributed by atoms with Crippen molar-refractivity contribution in [3.63, 3.8) is 0 Å². The molecule has 1 unspecified atom stereocenters. The highest BCUT2D eigenvalue weighted by Crippen LogP contribution is 2.23. The number of unbranched alkanes of at least 4 members (excludes halogenated alkanes) is 3. The minimum atomic E-state index is -4.58.